The molecule has 0 aliphatic carbocycles. The Morgan fingerprint density at radius 3 is 2.15 bits per heavy atom. The molecular formula is C20H22BrN3O2. The first-order valence-corrected chi connectivity index (χ1v) is 9.56. The minimum absolute atomic E-state index is 0.128. The summed E-state index contributed by atoms with van der Waals surface area (Å²) in [4.78, 5) is 28.2. The van der Waals surface area contributed by atoms with Gasteiger partial charge >= 0.3 is 0 Å². The Kier molecular flexibility index (Phi) is 5.93. The van der Waals surface area contributed by atoms with E-state index in [9.17, 15) is 9.59 Å². The second kappa shape index (κ2) is 8.36. The summed E-state index contributed by atoms with van der Waals surface area (Å²) >= 11 is 3.36. The highest BCUT2D eigenvalue weighted by atomic mass is 79.9. The highest BCUT2D eigenvalue weighted by molar-refractivity contribution is 9.10. The number of benzene rings is 2. The van der Waals surface area contributed by atoms with Crippen LogP contribution in [-0.4, -0.2) is 42.9 Å². The van der Waals surface area contributed by atoms with Crippen molar-refractivity contribution in [2.75, 3.05) is 36.4 Å². The molecule has 0 unspecified atom stereocenters. The molecule has 1 N–H and O–H groups in total. The molecule has 26 heavy (non-hydrogen) atoms. The molecular weight excluding hydrogens is 394 g/mol. The number of nitrogens with zero attached hydrogens (tertiary/aromatic N) is 2. The Bertz CT molecular complexity index is 767. The van der Waals surface area contributed by atoms with Gasteiger partial charge in [0.1, 0.15) is 0 Å². The topological polar surface area (TPSA) is 52.7 Å². The van der Waals surface area contributed by atoms with Gasteiger partial charge in [-0.05, 0) is 48.5 Å². The highest BCUT2D eigenvalue weighted by Crippen LogP contribution is 2.20. The molecule has 0 spiro atoms. The van der Waals surface area contributed by atoms with Gasteiger partial charge in [-0.25, -0.2) is 0 Å². The summed E-state index contributed by atoms with van der Waals surface area (Å²) in [6.07, 6.45) is 0.562. The van der Waals surface area contributed by atoms with Crippen LogP contribution in [0.2, 0.25) is 0 Å². The van der Waals surface area contributed by atoms with E-state index >= 15 is 0 Å². The standard InChI is InChI=1S/C20H22BrN3O2/c1-2-19(25)24-13-11-23(12-14-24)18-9-7-17(8-10-18)22-20(26)15-3-5-16(21)6-4-15/h3-10H,2,11-14H2,1H3,(H,22,26). The van der Waals surface area contributed by atoms with Gasteiger partial charge in [0.15, 0.2) is 0 Å². The predicted molar refractivity (Wildman–Crippen MR) is 108 cm³/mol. The van der Waals surface area contributed by atoms with Crippen molar-refractivity contribution in [3.05, 3.63) is 58.6 Å². The van der Waals surface area contributed by atoms with Crippen LogP contribution in [0, 0.1) is 0 Å². The average Bonchev–Trinajstić information content (AvgIpc) is 2.68. The number of hydrogen-bond donors (Lipinski definition) is 1. The van der Waals surface area contributed by atoms with E-state index in [4.69, 9.17) is 0 Å². The molecule has 6 heteroatoms. The zero-order valence-corrected chi connectivity index (χ0v) is 16.3. The third-order valence-electron chi connectivity index (χ3n) is 4.53. The first-order valence-electron chi connectivity index (χ1n) is 8.76. The lowest BCUT2D eigenvalue weighted by atomic mass is 10.2. The molecule has 5 nitrogen and oxygen atoms in total. The maximum Gasteiger partial charge on any atom is 0.255 e. The molecule has 1 heterocycles. The summed E-state index contributed by atoms with van der Waals surface area (Å²) in [7, 11) is 0. The van der Waals surface area contributed by atoms with Crippen LogP contribution < -0.4 is 10.2 Å². The maximum absolute atomic E-state index is 12.3. The minimum atomic E-state index is -0.128. The lowest BCUT2D eigenvalue weighted by Gasteiger charge is -2.36. The number of rotatable bonds is 4. The van der Waals surface area contributed by atoms with E-state index in [1.165, 1.54) is 0 Å². The molecule has 1 aliphatic rings. The average molecular weight is 416 g/mol. The van der Waals surface area contributed by atoms with Crippen molar-refractivity contribution in [1.82, 2.24) is 4.90 Å². The second-order valence-corrected chi connectivity index (χ2v) is 7.14. The van der Waals surface area contributed by atoms with Gasteiger partial charge in [-0.3, -0.25) is 9.59 Å². The van der Waals surface area contributed by atoms with Crippen LogP contribution in [0.3, 0.4) is 0 Å². The zero-order chi connectivity index (χ0) is 18.5. The number of carbonyl (C=O) groups is 2. The van der Waals surface area contributed by atoms with Crippen molar-refractivity contribution in [3.8, 4) is 0 Å². The number of anilines is 2. The van der Waals surface area contributed by atoms with Crippen molar-refractivity contribution in [1.29, 1.82) is 0 Å². The van der Waals surface area contributed by atoms with Gasteiger partial charge in [0, 0.05) is 54.0 Å². The largest absolute Gasteiger partial charge is 0.368 e. The van der Waals surface area contributed by atoms with Crippen LogP contribution in [0.5, 0.6) is 0 Å². The number of amides is 2. The van der Waals surface area contributed by atoms with Gasteiger partial charge in [0.2, 0.25) is 5.91 Å². The molecule has 3 rings (SSSR count). The van der Waals surface area contributed by atoms with Gasteiger partial charge < -0.3 is 15.1 Å². The molecule has 0 saturated carbocycles. The SMILES string of the molecule is CCC(=O)N1CCN(c2ccc(NC(=O)c3ccc(Br)cc3)cc2)CC1. The van der Waals surface area contributed by atoms with Gasteiger partial charge in [0.05, 0.1) is 0 Å². The van der Waals surface area contributed by atoms with Crippen LogP contribution in [0.25, 0.3) is 0 Å². The fraction of sp³-hybridized carbons (Fsp3) is 0.300. The third-order valence-corrected chi connectivity index (χ3v) is 5.06. The first kappa shape index (κ1) is 18.5. The van der Waals surface area contributed by atoms with Crippen molar-refractivity contribution < 1.29 is 9.59 Å². The van der Waals surface area contributed by atoms with E-state index in [0.29, 0.717) is 12.0 Å². The van der Waals surface area contributed by atoms with Crippen LogP contribution >= 0.6 is 15.9 Å². The normalized spacial score (nSPS) is 14.2. The molecule has 0 atom stereocenters. The fourth-order valence-corrected chi connectivity index (χ4v) is 3.26. The third kappa shape index (κ3) is 4.43. The van der Waals surface area contributed by atoms with E-state index in [1.807, 2.05) is 48.2 Å². The predicted octanol–water partition coefficient (Wildman–Crippen LogP) is 3.76. The Labute approximate surface area is 162 Å². The molecule has 2 aromatic rings. The van der Waals surface area contributed by atoms with Gasteiger partial charge in [0.25, 0.3) is 5.91 Å². The smallest absolute Gasteiger partial charge is 0.255 e. The van der Waals surface area contributed by atoms with Crippen LogP contribution in [0.4, 0.5) is 11.4 Å². The van der Waals surface area contributed by atoms with E-state index in [-0.39, 0.29) is 11.8 Å². The van der Waals surface area contributed by atoms with E-state index in [2.05, 4.69) is 26.1 Å². The molecule has 0 radical (unpaired) electrons. The Morgan fingerprint density at radius 1 is 0.962 bits per heavy atom. The van der Waals surface area contributed by atoms with Crippen molar-refractivity contribution >= 4 is 39.1 Å². The number of hydrogen-bond acceptors (Lipinski definition) is 3. The summed E-state index contributed by atoms with van der Waals surface area (Å²) in [5, 5.41) is 2.91. The van der Waals surface area contributed by atoms with Crippen LogP contribution in [0.1, 0.15) is 23.7 Å². The van der Waals surface area contributed by atoms with E-state index in [1.54, 1.807) is 12.1 Å². The Morgan fingerprint density at radius 2 is 1.58 bits per heavy atom. The van der Waals surface area contributed by atoms with Crippen LogP contribution in [0.15, 0.2) is 53.0 Å². The maximum atomic E-state index is 12.3. The quantitative estimate of drug-likeness (QED) is 0.826. The van der Waals surface area contributed by atoms with E-state index < -0.39 is 0 Å². The fourth-order valence-electron chi connectivity index (χ4n) is 3.00. The summed E-state index contributed by atoms with van der Waals surface area (Å²) in [6, 6.07) is 15.1. The van der Waals surface area contributed by atoms with Gasteiger partial charge in [-0.2, -0.15) is 0 Å². The van der Waals surface area contributed by atoms with Gasteiger partial charge in [-0.15, -0.1) is 0 Å². The number of halogens is 1. The van der Waals surface area contributed by atoms with Crippen LogP contribution in [-0.2, 0) is 4.79 Å². The Hall–Kier alpha value is -2.34. The van der Waals surface area contributed by atoms with Gasteiger partial charge in [-0.1, -0.05) is 22.9 Å². The zero-order valence-electron chi connectivity index (χ0n) is 14.7. The minimum Gasteiger partial charge on any atom is -0.368 e. The summed E-state index contributed by atoms with van der Waals surface area (Å²) < 4.78 is 0.944. The first-order chi connectivity index (χ1) is 12.6. The molecule has 2 amide bonds. The number of nitrogens with one attached hydrogen (secondary N) is 1. The molecule has 0 bridgehead atoms. The van der Waals surface area contributed by atoms with E-state index in [0.717, 1.165) is 42.0 Å². The lowest BCUT2D eigenvalue weighted by molar-refractivity contribution is -0.131. The molecule has 1 aliphatic heterocycles. The number of piperazine rings is 1. The molecule has 1 saturated heterocycles. The summed E-state index contributed by atoms with van der Waals surface area (Å²) in [6.45, 7) is 5.08. The monoisotopic (exact) mass is 415 g/mol. The van der Waals surface area contributed by atoms with Crippen molar-refractivity contribution in [3.63, 3.8) is 0 Å². The Balaban J connectivity index is 1.58. The van der Waals surface area contributed by atoms with Crippen molar-refractivity contribution in [2.24, 2.45) is 0 Å². The highest BCUT2D eigenvalue weighted by Gasteiger charge is 2.20. The molecule has 2 aromatic carbocycles. The van der Waals surface area contributed by atoms with Crippen molar-refractivity contribution in [2.45, 2.75) is 13.3 Å². The summed E-state index contributed by atoms with van der Waals surface area (Å²) in [5.41, 5.74) is 2.49. The molecule has 1 fully saturated rings. The molecule has 136 valence electrons. The summed E-state index contributed by atoms with van der Waals surface area (Å²) in [5.74, 6) is 0.0904. The second-order valence-electron chi connectivity index (χ2n) is 6.23. The molecule has 0 aromatic heterocycles. The lowest BCUT2D eigenvalue weighted by Crippen LogP contribution is -2.48. The number of carbonyl (C=O) groups excluding carboxylic acids is 2.